The summed E-state index contributed by atoms with van der Waals surface area (Å²) >= 11 is 0. The molecule has 0 aliphatic carbocycles. The molecular weight excluding hydrogens is 636 g/mol. The van der Waals surface area contributed by atoms with Gasteiger partial charge in [-0.25, -0.2) is 0 Å². The van der Waals surface area contributed by atoms with Crippen molar-refractivity contribution in [2.75, 3.05) is 13.2 Å². The second-order valence-electron chi connectivity index (χ2n) is 15.8. The molecule has 0 spiro atoms. The molecule has 6 nitrogen and oxygen atoms in total. The minimum atomic E-state index is -0.760. The van der Waals surface area contributed by atoms with Gasteiger partial charge in [0.1, 0.15) is 13.2 Å². The van der Waals surface area contributed by atoms with Gasteiger partial charge in [0.15, 0.2) is 6.10 Å². The van der Waals surface area contributed by atoms with Gasteiger partial charge in [0.25, 0.3) is 0 Å². The van der Waals surface area contributed by atoms with Crippen LogP contribution in [0.4, 0.5) is 0 Å². The molecule has 0 aliphatic rings. The Kier molecular flexibility index (Phi) is 37.0. The lowest BCUT2D eigenvalue weighted by Gasteiger charge is -2.18. The largest absolute Gasteiger partial charge is 0.462 e. The van der Waals surface area contributed by atoms with Crippen LogP contribution in [0.5, 0.6) is 0 Å². The lowest BCUT2D eigenvalue weighted by molar-refractivity contribution is -0.167. The Labute approximate surface area is 317 Å². The summed E-state index contributed by atoms with van der Waals surface area (Å²) in [5.41, 5.74) is 0. The van der Waals surface area contributed by atoms with Crippen LogP contribution in [0.25, 0.3) is 0 Å². The van der Waals surface area contributed by atoms with Gasteiger partial charge < -0.3 is 14.2 Å². The molecule has 3 atom stereocenters. The van der Waals surface area contributed by atoms with Crippen molar-refractivity contribution in [2.24, 2.45) is 11.8 Å². The SMILES string of the molecule is CCCCCCCCCCCC(=O)OC[C@H](COC(=O)CCCCCCCCCCCCC(C)CC)OC(=O)CCCCCCCCC(C)CC. The molecular formula is C45H86O6. The number of hydrogen-bond donors (Lipinski definition) is 0. The van der Waals surface area contributed by atoms with Crippen LogP contribution >= 0.6 is 0 Å². The first kappa shape index (κ1) is 49.4. The predicted molar refractivity (Wildman–Crippen MR) is 215 cm³/mol. The van der Waals surface area contributed by atoms with Gasteiger partial charge in [-0.1, -0.05) is 202 Å². The highest BCUT2D eigenvalue weighted by molar-refractivity contribution is 5.71. The van der Waals surface area contributed by atoms with Crippen molar-refractivity contribution >= 4 is 17.9 Å². The predicted octanol–water partition coefficient (Wildman–Crippen LogP) is 13.8. The van der Waals surface area contributed by atoms with E-state index in [2.05, 4.69) is 34.6 Å². The normalized spacial score (nSPS) is 13.1. The minimum absolute atomic E-state index is 0.0660. The molecule has 0 rings (SSSR count). The number of esters is 3. The average molecular weight is 723 g/mol. The smallest absolute Gasteiger partial charge is 0.306 e. The van der Waals surface area contributed by atoms with Crippen molar-refractivity contribution in [1.82, 2.24) is 0 Å². The van der Waals surface area contributed by atoms with E-state index < -0.39 is 6.10 Å². The molecule has 0 saturated carbocycles. The van der Waals surface area contributed by atoms with Crippen LogP contribution in [-0.4, -0.2) is 37.2 Å². The molecule has 0 radical (unpaired) electrons. The maximum absolute atomic E-state index is 12.7. The summed E-state index contributed by atoms with van der Waals surface area (Å²) < 4.78 is 16.7. The molecule has 0 aromatic carbocycles. The summed E-state index contributed by atoms with van der Waals surface area (Å²) in [5, 5.41) is 0. The highest BCUT2D eigenvalue weighted by atomic mass is 16.6. The molecule has 6 heteroatoms. The molecule has 302 valence electrons. The van der Waals surface area contributed by atoms with E-state index in [9.17, 15) is 14.4 Å². The highest BCUT2D eigenvalue weighted by Gasteiger charge is 2.19. The monoisotopic (exact) mass is 723 g/mol. The van der Waals surface area contributed by atoms with Crippen molar-refractivity contribution in [3.8, 4) is 0 Å². The van der Waals surface area contributed by atoms with Crippen LogP contribution in [0.1, 0.15) is 240 Å². The van der Waals surface area contributed by atoms with Gasteiger partial charge in [0, 0.05) is 19.3 Å². The van der Waals surface area contributed by atoms with Crippen LogP contribution in [0, 0.1) is 11.8 Å². The van der Waals surface area contributed by atoms with Crippen LogP contribution in [0.3, 0.4) is 0 Å². The van der Waals surface area contributed by atoms with Gasteiger partial charge in [-0.2, -0.15) is 0 Å². The van der Waals surface area contributed by atoms with Crippen molar-refractivity contribution in [3.05, 3.63) is 0 Å². The number of hydrogen-bond acceptors (Lipinski definition) is 6. The van der Waals surface area contributed by atoms with E-state index in [4.69, 9.17) is 14.2 Å². The first-order chi connectivity index (χ1) is 24.8. The molecule has 0 aliphatic heterocycles. The van der Waals surface area contributed by atoms with Crippen molar-refractivity contribution in [2.45, 2.75) is 246 Å². The van der Waals surface area contributed by atoms with Gasteiger partial charge >= 0.3 is 17.9 Å². The Hall–Kier alpha value is -1.59. The van der Waals surface area contributed by atoms with E-state index in [1.54, 1.807) is 0 Å². The zero-order valence-electron chi connectivity index (χ0n) is 34.7. The Balaban J connectivity index is 4.33. The molecule has 51 heavy (non-hydrogen) atoms. The van der Waals surface area contributed by atoms with Gasteiger partial charge in [-0.15, -0.1) is 0 Å². The molecule has 0 N–H and O–H groups in total. The maximum atomic E-state index is 12.7. The second kappa shape index (κ2) is 38.1. The molecule has 0 bridgehead atoms. The van der Waals surface area contributed by atoms with E-state index in [0.29, 0.717) is 19.3 Å². The van der Waals surface area contributed by atoms with E-state index in [-0.39, 0.29) is 31.1 Å². The van der Waals surface area contributed by atoms with E-state index in [1.165, 1.54) is 128 Å². The fraction of sp³-hybridized carbons (Fsp3) is 0.933. The fourth-order valence-electron chi connectivity index (χ4n) is 6.51. The number of rotatable bonds is 39. The highest BCUT2D eigenvalue weighted by Crippen LogP contribution is 2.17. The standard InChI is InChI=1S/C45H86O6/c1-6-9-10-11-12-15-19-25-30-35-43(46)49-38-42(51-45(48)37-32-27-22-21-24-29-34-41(5)8-3)39-50-44(47)36-31-26-20-17-14-13-16-18-23-28-33-40(4)7-2/h40-42H,6-39H2,1-5H3/t40?,41?,42-/m1/s1. The first-order valence-electron chi connectivity index (χ1n) is 22.3. The van der Waals surface area contributed by atoms with Gasteiger partial charge in [-0.3, -0.25) is 14.4 Å². The number of ether oxygens (including phenoxy) is 3. The number of carbonyl (C=O) groups excluding carboxylic acids is 3. The quantitative estimate of drug-likeness (QED) is 0.0357. The molecule has 0 amide bonds. The van der Waals surface area contributed by atoms with E-state index in [0.717, 1.165) is 69.6 Å². The molecule has 2 unspecified atom stereocenters. The van der Waals surface area contributed by atoms with Gasteiger partial charge in [0.05, 0.1) is 0 Å². The molecule has 0 saturated heterocycles. The van der Waals surface area contributed by atoms with Crippen LogP contribution < -0.4 is 0 Å². The summed E-state index contributed by atoms with van der Waals surface area (Å²) in [6.07, 6.45) is 35.1. The topological polar surface area (TPSA) is 78.9 Å². The number of carbonyl (C=O) groups is 3. The summed E-state index contributed by atoms with van der Waals surface area (Å²) in [7, 11) is 0. The average Bonchev–Trinajstić information content (AvgIpc) is 3.13. The van der Waals surface area contributed by atoms with Crippen molar-refractivity contribution in [3.63, 3.8) is 0 Å². The van der Waals surface area contributed by atoms with Gasteiger partial charge in [-0.05, 0) is 31.1 Å². The van der Waals surface area contributed by atoms with Gasteiger partial charge in [0.2, 0.25) is 0 Å². The third-order valence-corrected chi connectivity index (χ3v) is 10.7. The third-order valence-electron chi connectivity index (χ3n) is 10.7. The molecule has 0 fully saturated rings. The zero-order valence-corrected chi connectivity index (χ0v) is 34.7. The summed E-state index contributed by atoms with van der Waals surface area (Å²) in [6.45, 7) is 11.3. The minimum Gasteiger partial charge on any atom is -0.462 e. The fourth-order valence-corrected chi connectivity index (χ4v) is 6.51. The third kappa shape index (κ3) is 36.6. The number of unbranched alkanes of at least 4 members (excludes halogenated alkanes) is 22. The lowest BCUT2D eigenvalue weighted by Crippen LogP contribution is -2.30. The zero-order chi connectivity index (χ0) is 37.6. The Morgan fingerprint density at radius 1 is 0.392 bits per heavy atom. The molecule has 0 aromatic rings. The lowest BCUT2D eigenvalue weighted by atomic mass is 9.99. The van der Waals surface area contributed by atoms with Crippen molar-refractivity contribution < 1.29 is 28.6 Å². The Bertz CT molecular complexity index is 783. The van der Waals surface area contributed by atoms with Crippen LogP contribution in [0.2, 0.25) is 0 Å². The first-order valence-corrected chi connectivity index (χ1v) is 22.3. The molecule has 0 heterocycles. The Morgan fingerprint density at radius 3 is 1.02 bits per heavy atom. The summed E-state index contributed by atoms with van der Waals surface area (Å²) in [6, 6.07) is 0. The summed E-state index contributed by atoms with van der Waals surface area (Å²) in [5.74, 6) is 0.815. The van der Waals surface area contributed by atoms with Crippen LogP contribution in [-0.2, 0) is 28.6 Å². The molecule has 0 aromatic heterocycles. The maximum Gasteiger partial charge on any atom is 0.306 e. The van der Waals surface area contributed by atoms with E-state index in [1.807, 2.05) is 0 Å². The summed E-state index contributed by atoms with van der Waals surface area (Å²) in [4.78, 5) is 37.6. The van der Waals surface area contributed by atoms with Crippen LogP contribution in [0.15, 0.2) is 0 Å². The second-order valence-corrected chi connectivity index (χ2v) is 15.8. The van der Waals surface area contributed by atoms with E-state index >= 15 is 0 Å². The van der Waals surface area contributed by atoms with Crippen molar-refractivity contribution in [1.29, 1.82) is 0 Å². The Morgan fingerprint density at radius 2 is 0.686 bits per heavy atom.